The van der Waals surface area contributed by atoms with Crippen LogP contribution in [0.2, 0.25) is 0 Å². The molecule has 1 amide bonds. The van der Waals surface area contributed by atoms with Crippen LogP contribution < -0.4 is 11.1 Å². The van der Waals surface area contributed by atoms with E-state index in [9.17, 15) is 14.0 Å². The lowest BCUT2D eigenvalue weighted by molar-refractivity contribution is -0.129. The highest BCUT2D eigenvalue weighted by atomic mass is 79.9. The predicted octanol–water partition coefficient (Wildman–Crippen LogP) is 1.99. The molecule has 1 unspecified atom stereocenters. The van der Waals surface area contributed by atoms with E-state index in [-0.39, 0.29) is 27.7 Å². The van der Waals surface area contributed by atoms with Crippen molar-refractivity contribution in [3.63, 3.8) is 0 Å². The summed E-state index contributed by atoms with van der Waals surface area (Å²) in [5, 5.41) is 2.73. The minimum absolute atomic E-state index is 0.0787. The van der Waals surface area contributed by atoms with Crippen molar-refractivity contribution < 1.29 is 18.7 Å². The van der Waals surface area contributed by atoms with Gasteiger partial charge in [0.15, 0.2) is 6.10 Å². The highest BCUT2D eigenvalue weighted by molar-refractivity contribution is 9.10. The van der Waals surface area contributed by atoms with E-state index in [2.05, 4.69) is 21.2 Å². The van der Waals surface area contributed by atoms with Crippen molar-refractivity contribution in [1.82, 2.24) is 5.32 Å². The normalized spacial score (nSPS) is 15.6. The topological polar surface area (TPSA) is 81.4 Å². The molecule has 1 atom stereocenters. The smallest absolute Gasteiger partial charge is 0.340 e. The average Bonchev–Trinajstić information content (AvgIpc) is 3.17. The van der Waals surface area contributed by atoms with E-state index < -0.39 is 17.9 Å². The second-order valence-corrected chi connectivity index (χ2v) is 5.54. The molecule has 108 valence electrons. The molecule has 0 bridgehead atoms. The Morgan fingerprint density at radius 2 is 2.15 bits per heavy atom. The van der Waals surface area contributed by atoms with Gasteiger partial charge in [-0.1, -0.05) is 0 Å². The number of amides is 1. The van der Waals surface area contributed by atoms with Crippen LogP contribution in [0.4, 0.5) is 10.1 Å². The van der Waals surface area contributed by atoms with Crippen LogP contribution in [0.3, 0.4) is 0 Å². The number of ether oxygens (including phenoxy) is 1. The summed E-state index contributed by atoms with van der Waals surface area (Å²) in [6.45, 7) is 1.48. The minimum atomic E-state index is -0.915. The van der Waals surface area contributed by atoms with Crippen LogP contribution in [0.25, 0.3) is 0 Å². The molecule has 1 fully saturated rings. The third kappa shape index (κ3) is 3.47. The van der Waals surface area contributed by atoms with Crippen LogP contribution in [0.1, 0.15) is 30.1 Å². The summed E-state index contributed by atoms with van der Waals surface area (Å²) in [5.74, 6) is -1.71. The number of hydrogen-bond acceptors (Lipinski definition) is 4. The standard InChI is InChI=1S/C13H14BrFN2O3/c1-6(12(18)17-7-2-3-7)20-13(19)8-4-11(16)10(15)5-9(8)14/h4-7H,2-3,16H2,1H3,(H,17,18). The Hall–Kier alpha value is -1.63. The number of halogens is 2. The third-order valence-corrected chi connectivity index (χ3v) is 3.54. The van der Waals surface area contributed by atoms with Crippen molar-refractivity contribution in [2.24, 2.45) is 0 Å². The van der Waals surface area contributed by atoms with Crippen molar-refractivity contribution in [1.29, 1.82) is 0 Å². The van der Waals surface area contributed by atoms with Crippen LogP contribution in [0, 0.1) is 5.82 Å². The second-order valence-electron chi connectivity index (χ2n) is 4.68. The lowest BCUT2D eigenvalue weighted by Crippen LogP contribution is -2.37. The van der Waals surface area contributed by atoms with Gasteiger partial charge in [-0.25, -0.2) is 9.18 Å². The number of nitrogens with one attached hydrogen (secondary N) is 1. The van der Waals surface area contributed by atoms with Crippen LogP contribution >= 0.6 is 15.9 Å². The van der Waals surface area contributed by atoms with Gasteiger partial charge in [-0.15, -0.1) is 0 Å². The van der Waals surface area contributed by atoms with E-state index in [4.69, 9.17) is 10.5 Å². The Labute approximate surface area is 123 Å². The number of anilines is 1. The molecule has 0 spiro atoms. The van der Waals surface area contributed by atoms with Crippen molar-refractivity contribution in [3.8, 4) is 0 Å². The van der Waals surface area contributed by atoms with Gasteiger partial charge < -0.3 is 15.8 Å². The fourth-order valence-electron chi connectivity index (χ4n) is 1.55. The number of hydrogen-bond donors (Lipinski definition) is 2. The lowest BCUT2D eigenvalue weighted by Gasteiger charge is -2.14. The molecular weight excluding hydrogens is 331 g/mol. The van der Waals surface area contributed by atoms with Gasteiger partial charge >= 0.3 is 5.97 Å². The first kappa shape index (κ1) is 14.8. The second kappa shape index (κ2) is 5.78. The number of carbonyl (C=O) groups is 2. The van der Waals surface area contributed by atoms with E-state index in [1.807, 2.05) is 0 Å². The highest BCUT2D eigenvalue weighted by Gasteiger charge is 2.27. The Morgan fingerprint density at radius 1 is 1.50 bits per heavy atom. The molecule has 20 heavy (non-hydrogen) atoms. The van der Waals surface area contributed by atoms with Crippen molar-refractivity contribution >= 4 is 33.5 Å². The van der Waals surface area contributed by atoms with E-state index in [1.165, 1.54) is 13.0 Å². The maximum absolute atomic E-state index is 13.2. The molecule has 2 rings (SSSR count). The molecule has 0 saturated heterocycles. The summed E-state index contributed by atoms with van der Waals surface area (Å²) in [5.41, 5.74) is 5.33. The SMILES string of the molecule is CC(OC(=O)c1cc(N)c(F)cc1Br)C(=O)NC1CC1. The summed E-state index contributed by atoms with van der Waals surface area (Å²) in [6, 6.07) is 2.45. The minimum Gasteiger partial charge on any atom is -0.449 e. The molecule has 3 N–H and O–H groups in total. The zero-order valence-corrected chi connectivity index (χ0v) is 12.4. The number of esters is 1. The van der Waals surface area contributed by atoms with Crippen molar-refractivity contribution in [3.05, 3.63) is 28.0 Å². The number of carbonyl (C=O) groups excluding carboxylic acids is 2. The lowest BCUT2D eigenvalue weighted by atomic mass is 10.2. The molecule has 1 saturated carbocycles. The van der Waals surface area contributed by atoms with E-state index in [0.29, 0.717) is 0 Å². The first-order valence-corrected chi connectivity index (χ1v) is 6.93. The van der Waals surface area contributed by atoms with Gasteiger partial charge in [0.05, 0.1) is 11.3 Å². The Morgan fingerprint density at radius 3 is 2.75 bits per heavy atom. The third-order valence-electron chi connectivity index (χ3n) is 2.88. The van der Waals surface area contributed by atoms with E-state index in [0.717, 1.165) is 18.9 Å². The summed E-state index contributed by atoms with van der Waals surface area (Å²) >= 11 is 3.06. The summed E-state index contributed by atoms with van der Waals surface area (Å²) in [4.78, 5) is 23.6. The van der Waals surface area contributed by atoms with Crippen LogP contribution in [0.15, 0.2) is 16.6 Å². The van der Waals surface area contributed by atoms with Gasteiger partial charge in [0.25, 0.3) is 5.91 Å². The summed E-state index contributed by atoms with van der Waals surface area (Å²) in [6.07, 6.45) is 0.986. The predicted molar refractivity (Wildman–Crippen MR) is 74.6 cm³/mol. The van der Waals surface area contributed by atoms with Gasteiger partial charge in [-0.2, -0.15) is 0 Å². The zero-order valence-electron chi connectivity index (χ0n) is 10.8. The number of rotatable bonds is 4. The van der Waals surface area contributed by atoms with Crippen LogP contribution in [0.5, 0.6) is 0 Å². The largest absolute Gasteiger partial charge is 0.449 e. The molecule has 1 aliphatic carbocycles. The zero-order chi connectivity index (χ0) is 14.9. The molecule has 7 heteroatoms. The van der Waals surface area contributed by atoms with Gasteiger partial charge in [0.1, 0.15) is 5.82 Å². The molecule has 0 radical (unpaired) electrons. The van der Waals surface area contributed by atoms with Gasteiger partial charge in [0, 0.05) is 10.5 Å². The Balaban J connectivity index is 2.03. The molecule has 5 nitrogen and oxygen atoms in total. The molecule has 1 aliphatic rings. The first-order valence-electron chi connectivity index (χ1n) is 6.14. The van der Waals surface area contributed by atoms with Crippen molar-refractivity contribution in [2.45, 2.75) is 31.9 Å². The summed E-state index contributed by atoms with van der Waals surface area (Å²) in [7, 11) is 0. The average molecular weight is 345 g/mol. The molecule has 0 aromatic heterocycles. The van der Waals surface area contributed by atoms with Crippen molar-refractivity contribution in [2.75, 3.05) is 5.73 Å². The highest BCUT2D eigenvalue weighted by Crippen LogP contribution is 2.24. The molecule has 1 aromatic rings. The van der Waals surface area contributed by atoms with Crippen LogP contribution in [-0.4, -0.2) is 24.0 Å². The monoisotopic (exact) mass is 344 g/mol. The fraction of sp³-hybridized carbons (Fsp3) is 0.385. The maximum Gasteiger partial charge on any atom is 0.340 e. The fourth-order valence-corrected chi connectivity index (χ4v) is 2.02. The number of benzene rings is 1. The van der Waals surface area contributed by atoms with E-state index >= 15 is 0 Å². The molecule has 1 aromatic carbocycles. The quantitative estimate of drug-likeness (QED) is 0.646. The molecular formula is C13H14BrFN2O3. The van der Waals surface area contributed by atoms with Gasteiger partial charge in [-0.05, 0) is 47.8 Å². The molecule has 0 aliphatic heterocycles. The Bertz CT molecular complexity index is 561. The van der Waals surface area contributed by atoms with Gasteiger partial charge in [0.2, 0.25) is 0 Å². The van der Waals surface area contributed by atoms with E-state index in [1.54, 1.807) is 0 Å². The molecule has 0 heterocycles. The summed E-state index contributed by atoms with van der Waals surface area (Å²) < 4.78 is 18.5. The maximum atomic E-state index is 13.2. The van der Waals surface area contributed by atoms with Gasteiger partial charge in [-0.3, -0.25) is 4.79 Å². The number of nitrogen functional groups attached to an aromatic ring is 1. The number of nitrogens with two attached hydrogens (primary N) is 1. The Kier molecular flexibility index (Phi) is 4.27. The van der Waals surface area contributed by atoms with Crippen LogP contribution in [-0.2, 0) is 9.53 Å². The first-order chi connectivity index (χ1) is 9.38.